The first kappa shape index (κ1) is 26.2. The van der Waals surface area contributed by atoms with Gasteiger partial charge in [-0.25, -0.2) is 8.42 Å². The number of rotatable bonds is 6. The fourth-order valence-corrected chi connectivity index (χ4v) is 5.75. The average molecular weight is 486 g/mol. The Kier molecular flexibility index (Phi) is 8.72. The van der Waals surface area contributed by atoms with Gasteiger partial charge in [0.05, 0.1) is 6.61 Å². The number of nitrogens with zero attached hydrogens (tertiary/aromatic N) is 3. The second-order valence-corrected chi connectivity index (χ2v) is 11.2. The Balaban J connectivity index is 1.99. The Morgan fingerprint density at radius 3 is 2.59 bits per heavy atom. The molecule has 3 rings (SSSR count). The maximum absolute atomic E-state index is 13.6. The molecule has 0 unspecified atom stereocenters. The largest absolute Gasteiger partial charge is 0.487 e. The van der Waals surface area contributed by atoms with Gasteiger partial charge in [-0.1, -0.05) is 32.6 Å². The number of aromatic nitrogens is 1. The zero-order chi connectivity index (χ0) is 24.9. The van der Waals surface area contributed by atoms with Crippen molar-refractivity contribution in [2.75, 3.05) is 26.7 Å². The molecular formula is C26H35N3O4S. The topological polar surface area (TPSA) is 83.0 Å². The normalized spacial score (nSPS) is 21.1. The average Bonchev–Trinajstić information content (AvgIpc) is 2.80. The van der Waals surface area contributed by atoms with E-state index in [-0.39, 0.29) is 36.0 Å². The second kappa shape index (κ2) is 11.3. The molecule has 184 valence electrons. The standard InChI is InChI=1S/C26H35N3O4S/c1-19(2)6-7-22-8-9-26-24(14-22)33-25(17-28(5)16-23-10-12-27-13-11-23)20(3)15-29(21(4)18-30)34(26,31)32/h8-14,19-21,25,30H,15-18H2,1-5H3/t20-,21-,25-/m1/s1. The smallest absolute Gasteiger partial charge is 0.247 e. The van der Waals surface area contributed by atoms with Crippen molar-refractivity contribution in [3.63, 3.8) is 0 Å². The molecule has 0 radical (unpaired) electrons. The fraction of sp³-hybridized carbons (Fsp3) is 0.500. The lowest BCUT2D eigenvalue weighted by molar-refractivity contribution is 0.0733. The zero-order valence-electron chi connectivity index (χ0n) is 20.6. The van der Waals surface area contributed by atoms with Crippen LogP contribution in [0.15, 0.2) is 47.6 Å². The van der Waals surface area contributed by atoms with Gasteiger partial charge in [0.25, 0.3) is 0 Å². The SMILES string of the molecule is CC(C)C#Cc1ccc2c(c1)O[C@H](CN(C)Cc1ccncc1)[C@H](C)CN([C@H](C)CO)S2(=O)=O. The molecule has 1 aromatic carbocycles. The van der Waals surface area contributed by atoms with Crippen molar-refractivity contribution >= 4 is 10.0 Å². The zero-order valence-corrected chi connectivity index (χ0v) is 21.4. The van der Waals surface area contributed by atoms with Crippen molar-refractivity contribution < 1.29 is 18.3 Å². The first-order valence-electron chi connectivity index (χ1n) is 11.6. The van der Waals surface area contributed by atoms with Crippen LogP contribution in [0.4, 0.5) is 0 Å². The van der Waals surface area contributed by atoms with Gasteiger partial charge in [0.15, 0.2) is 0 Å². The highest BCUT2D eigenvalue weighted by Gasteiger charge is 2.38. The van der Waals surface area contributed by atoms with Gasteiger partial charge in [0.1, 0.15) is 16.7 Å². The molecule has 2 aromatic rings. The second-order valence-electron chi connectivity index (χ2n) is 9.38. The summed E-state index contributed by atoms with van der Waals surface area (Å²) >= 11 is 0. The molecular weight excluding hydrogens is 450 g/mol. The van der Waals surface area contributed by atoms with Crippen LogP contribution < -0.4 is 4.74 Å². The summed E-state index contributed by atoms with van der Waals surface area (Å²) in [7, 11) is -1.84. The summed E-state index contributed by atoms with van der Waals surface area (Å²) in [5.41, 5.74) is 1.85. The summed E-state index contributed by atoms with van der Waals surface area (Å²) < 4.78 is 34.9. The van der Waals surface area contributed by atoms with Gasteiger partial charge < -0.3 is 9.84 Å². The summed E-state index contributed by atoms with van der Waals surface area (Å²) in [6, 6.07) is 8.41. The minimum atomic E-state index is -3.86. The first-order chi connectivity index (χ1) is 16.1. The van der Waals surface area contributed by atoms with E-state index in [1.165, 1.54) is 4.31 Å². The lowest BCUT2D eigenvalue weighted by Crippen LogP contribution is -2.49. The van der Waals surface area contributed by atoms with Crippen LogP contribution in [0.2, 0.25) is 0 Å². The third-order valence-corrected chi connectivity index (χ3v) is 7.89. The molecule has 0 amide bonds. The quantitative estimate of drug-likeness (QED) is 0.634. The van der Waals surface area contributed by atoms with E-state index >= 15 is 0 Å². The number of hydrogen-bond donors (Lipinski definition) is 1. The molecule has 1 aromatic heterocycles. The molecule has 8 heteroatoms. The summed E-state index contributed by atoms with van der Waals surface area (Å²) in [6.07, 6.45) is 3.28. The molecule has 1 N–H and O–H groups in total. The molecule has 0 aliphatic carbocycles. The third-order valence-electron chi connectivity index (χ3n) is 5.87. The number of sulfonamides is 1. The van der Waals surface area contributed by atoms with E-state index in [2.05, 4.69) is 21.7 Å². The highest BCUT2D eigenvalue weighted by molar-refractivity contribution is 7.89. The number of aliphatic hydroxyl groups is 1. The highest BCUT2D eigenvalue weighted by atomic mass is 32.2. The predicted octanol–water partition coefficient (Wildman–Crippen LogP) is 2.99. The molecule has 3 atom stereocenters. The molecule has 0 saturated carbocycles. The molecule has 0 fully saturated rings. The minimum absolute atomic E-state index is 0.108. The van der Waals surface area contributed by atoms with Gasteiger partial charge in [0, 0.05) is 55.5 Å². The van der Waals surface area contributed by atoms with Crippen molar-refractivity contribution in [3.05, 3.63) is 53.9 Å². The number of ether oxygens (including phenoxy) is 1. The van der Waals surface area contributed by atoms with Gasteiger partial charge >= 0.3 is 0 Å². The molecule has 2 heterocycles. The Morgan fingerprint density at radius 2 is 1.94 bits per heavy atom. The van der Waals surface area contributed by atoms with Crippen LogP contribution in [0.3, 0.4) is 0 Å². The van der Waals surface area contributed by atoms with Gasteiger partial charge in [-0.05, 0) is 49.9 Å². The lowest BCUT2D eigenvalue weighted by Gasteiger charge is -2.37. The van der Waals surface area contributed by atoms with Crippen LogP contribution in [0, 0.1) is 23.7 Å². The van der Waals surface area contributed by atoms with E-state index in [0.29, 0.717) is 17.9 Å². The molecule has 7 nitrogen and oxygen atoms in total. The van der Waals surface area contributed by atoms with Crippen molar-refractivity contribution in [2.24, 2.45) is 11.8 Å². The Bertz CT molecular complexity index is 1130. The van der Waals surface area contributed by atoms with Crippen LogP contribution in [0.25, 0.3) is 0 Å². The molecule has 1 aliphatic rings. The fourth-order valence-electron chi connectivity index (χ4n) is 3.92. The molecule has 0 bridgehead atoms. The van der Waals surface area contributed by atoms with Crippen molar-refractivity contribution in [3.8, 4) is 17.6 Å². The summed E-state index contributed by atoms with van der Waals surface area (Å²) in [6.45, 7) is 9.05. The van der Waals surface area contributed by atoms with E-state index in [1.807, 2.05) is 40.0 Å². The maximum atomic E-state index is 13.6. The van der Waals surface area contributed by atoms with Crippen molar-refractivity contribution in [1.29, 1.82) is 0 Å². The Hall–Kier alpha value is -2.44. The lowest BCUT2D eigenvalue weighted by atomic mass is 10.0. The van der Waals surface area contributed by atoms with Crippen LogP contribution in [-0.2, 0) is 16.6 Å². The minimum Gasteiger partial charge on any atom is -0.487 e. The summed E-state index contributed by atoms with van der Waals surface area (Å²) in [5, 5.41) is 9.79. The van der Waals surface area contributed by atoms with Gasteiger partial charge in [-0.15, -0.1) is 0 Å². The Morgan fingerprint density at radius 1 is 1.24 bits per heavy atom. The van der Waals surface area contributed by atoms with Gasteiger partial charge in [-0.3, -0.25) is 9.88 Å². The van der Waals surface area contributed by atoms with E-state index in [9.17, 15) is 13.5 Å². The number of aliphatic hydroxyl groups excluding tert-OH is 1. The first-order valence-corrected chi connectivity index (χ1v) is 13.1. The van der Waals surface area contributed by atoms with Gasteiger partial charge in [-0.2, -0.15) is 4.31 Å². The number of pyridine rings is 1. The number of benzene rings is 1. The van der Waals surface area contributed by atoms with Crippen molar-refractivity contribution in [2.45, 2.75) is 51.3 Å². The maximum Gasteiger partial charge on any atom is 0.247 e. The van der Waals surface area contributed by atoms with Crippen LogP contribution in [0.1, 0.15) is 38.8 Å². The summed E-state index contributed by atoms with van der Waals surface area (Å²) in [5.74, 6) is 6.62. The molecule has 34 heavy (non-hydrogen) atoms. The predicted molar refractivity (Wildman–Crippen MR) is 133 cm³/mol. The van der Waals surface area contributed by atoms with E-state index in [1.54, 1.807) is 37.5 Å². The Labute approximate surface area is 203 Å². The molecule has 1 aliphatic heterocycles. The summed E-state index contributed by atoms with van der Waals surface area (Å²) in [4.78, 5) is 6.34. The molecule has 0 saturated heterocycles. The third kappa shape index (κ3) is 6.36. The monoisotopic (exact) mass is 485 g/mol. The van der Waals surface area contributed by atoms with Crippen molar-refractivity contribution in [1.82, 2.24) is 14.2 Å². The van der Waals surface area contributed by atoms with E-state index in [4.69, 9.17) is 4.74 Å². The number of likely N-dealkylation sites (N-methyl/N-ethyl adjacent to an activating group) is 1. The number of hydrogen-bond acceptors (Lipinski definition) is 6. The van der Waals surface area contributed by atoms with Crippen LogP contribution in [-0.4, -0.2) is 66.6 Å². The number of fused-ring (bicyclic) bond motifs is 1. The van der Waals surface area contributed by atoms with E-state index in [0.717, 1.165) is 12.1 Å². The van der Waals surface area contributed by atoms with Crippen LogP contribution >= 0.6 is 0 Å². The highest BCUT2D eigenvalue weighted by Crippen LogP contribution is 2.34. The van der Waals surface area contributed by atoms with Gasteiger partial charge in [0.2, 0.25) is 10.0 Å². The van der Waals surface area contributed by atoms with Crippen LogP contribution in [0.5, 0.6) is 5.75 Å². The van der Waals surface area contributed by atoms with E-state index < -0.39 is 16.1 Å². The molecule has 0 spiro atoms.